The van der Waals surface area contributed by atoms with Crippen molar-refractivity contribution >= 4 is 10.8 Å². The van der Waals surface area contributed by atoms with Crippen molar-refractivity contribution in [2.75, 3.05) is 0 Å². The van der Waals surface area contributed by atoms with E-state index in [-0.39, 0.29) is 0 Å². The standard InChI is InChI=1S/C26H24O2/c27-25(24-17-9-15-22-14-7-8-16-23(22)24)26(28,18-20-10-3-1-4-11-20)19-21-12-5-2-6-13-21/h1-17,25,27-28H,18-19H2/t25-/m1/s1. The van der Waals surface area contributed by atoms with Crippen molar-refractivity contribution in [1.29, 1.82) is 0 Å². The summed E-state index contributed by atoms with van der Waals surface area (Å²) in [6.07, 6.45) is -0.278. The Bertz CT molecular complexity index is 995. The molecule has 4 aromatic rings. The van der Waals surface area contributed by atoms with Gasteiger partial charge >= 0.3 is 0 Å². The smallest absolute Gasteiger partial charge is 0.109 e. The average molecular weight is 368 g/mol. The molecule has 2 heteroatoms. The van der Waals surface area contributed by atoms with E-state index in [1.807, 2.05) is 103 Å². The first-order valence-corrected chi connectivity index (χ1v) is 9.62. The molecule has 0 heterocycles. The maximum absolute atomic E-state index is 11.7. The predicted octanol–water partition coefficient (Wildman–Crippen LogP) is 5.09. The van der Waals surface area contributed by atoms with Crippen molar-refractivity contribution in [3.05, 3.63) is 120 Å². The third-order valence-corrected chi connectivity index (χ3v) is 5.33. The molecule has 0 unspecified atom stereocenters. The lowest BCUT2D eigenvalue weighted by Crippen LogP contribution is -2.41. The molecule has 4 rings (SSSR count). The highest BCUT2D eigenvalue weighted by atomic mass is 16.3. The van der Waals surface area contributed by atoms with Crippen LogP contribution < -0.4 is 0 Å². The fraction of sp³-hybridized carbons (Fsp3) is 0.154. The number of benzene rings is 4. The zero-order chi connectivity index (χ0) is 19.4. The maximum Gasteiger partial charge on any atom is 0.109 e. The summed E-state index contributed by atoms with van der Waals surface area (Å²) >= 11 is 0. The van der Waals surface area contributed by atoms with Gasteiger partial charge < -0.3 is 10.2 Å². The lowest BCUT2D eigenvalue weighted by Gasteiger charge is -2.34. The van der Waals surface area contributed by atoms with Gasteiger partial charge in [0.05, 0.1) is 0 Å². The van der Waals surface area contributed by atoms with Crippen molar-refractivity contribution < 1.29 is 10.2 Å². The molecule has 28 heavy (non-hydrogen) atoms. The van der Waals surface area contributed by atoms with Gasteiger partial charge in [0.2, 0.25) is 0 Å². The number of hydrogen-bond donors (Lipinski definition) is 2. The van der Waals surface area contributed by atoms with Crippen LogP contribution in [0, 0.1) is 0 Å². The molecule has 2 N–H and O–H groups in total. The molecule has 0 aliphatic carbocycles. The Balaban J connectivity index is 1.77. The molecule has 2 nitrogen and oxygen atoms in total. The highest BCUT2D eigenvalue weighted by Crippen LogP contribution is 2.36. The third-order valence-electron chi connectivity index (χ3n) is 5.33. The van der Waals surface area contributed by atoms with E-state index < -0.39 is 11.7 Å². The minimum absolute atomic E-state index is 0.368. The summed E-state index contributed by atoms with van der Waals surface area (Å²) in [6.45, 7) is 0. The van der Waals surface area contributed by atoms with Crippen LogP contribution in [0.1, 0.15) is 22.8 Å². The van der Waals surface area contributed by atoms with Gasteiger partial charge in [-0.2, -0.15) is 0 Å². The normalized spacial score (nSPS) is 12.8. The molecule has 0 amide bonds. The van der Waals surface area contributed by atoms with Crippen molar-refractivity contribution in [1.82, 2.24) is 0 Å². The summed E-state index contributed by atoms with van der Waals surface area (Å²) in [4.78, 5) is 0. The summed E-state index contributed by atoms with van der Waals surface area (Å²) in [5.41, 5.74) is 1.43. The van der Waals surface area contributed by atoms with E-state index in [0.29, 0.717) is 12.8 Å². The Labute approximate surface area is 165 Å². The van der Waals surface area contributed by atoms with Gasteiger partial charge in [-0.1, -0.05) is 103 Å². The first-order chi connectivity index (χ1) is 13.7. The lowest BCUT2D eigenvalue weighted by molar-refractivity contribution is -0.0759. The molecule has 140 valence electrons. The Hall–Kier alpha value is -2.94. The monoisotopic (exact) mass is 368 g/mol. The molecular weight excluding hydrogens is 344 g/mol. The van der Waals surface area contributed by atoms with E-state index in [1.54, 1.807) is 0 Å². The Morgan fingerprint density at radius 3 is 1.71 bits per heavy atom. The molecule has 0 aromatic heterocycles. The molecule has 0 radical (unpaired) electrons. The summed E-state index contributed by atoms with van der Waals surface area (Å²) in [5.74, 6) is 0. The number of aliphatic hydroxyl groups is 2. The van der Waals surface area contributed by atoms with Gasteiger partial charge in [0.15, 0.2) is 0 Å². The van der Waals surface area contributed by atoms with Gasteiger partial charge in [-0.05, 0) is 27.5 Å². The second-order valence-electron chi connectivity index (χ2n) is 7.40. The molecule has 0 fully saturated rings. The number of hydrogen-bond acceptors (Lipinski definition) is 2. The highest BCUT2D eigenvalue weighted by Gasteiger charge is 2.37. The van der Waals surface area contributed by atoms with E-state index in [4.69, 9.17) is 0 Å². The summed E-state index contributed by atoms with van der Waals surface area (Å²) in [7, 11) is 0. The third kappa shape index (κ3) is 3.84. The molecule has 0 spiro atoms. The molecule has 4 aromatic carbocycles. The number of fused-ring (bicyclic) bond motifs is 1. The number of rotatable bonds is 6. The summed E-state index contributed by atoms with van der Waals surface area (Å²) in [6, 6.07) is 33.6. The van der Waals surface area contributed by atoms with E-state index in [0.717, 1.165) is 27.5 Å². The van der Waals surface area contributed by atoms with E-state index in [9.17, 15) is 10.2 Å². The van der Waals surface area contributed by atoms with Crippen LogP contribution in [-0.2, 0) is 12.8 Å². The lowest BCUT2D eigenvalue weighted by atomic mass is 9.79. The zero-order valence-electron chi connectivity index (χ0n) is 15.7. The Morgan fingerprint density at radius 2 is 1.11 bits per heavy atom. The van der Waals surface area contributed by atoms with Crippen LogP contribution in [0.3, 0.4) is 0 Å². The van der Waals surface area contributed by atoms with E-state index in [2.05, 4.69) is 0 Å². The molecule has 0 bridgehead atoms. The fourth-order valence-electron chi connectivity index (χ4n) is 3.93. The SMILES string of the molecule is O[C@H](c1cccc2ccccc12)C(O)(Cc1ccccc1)Cc1ccccc1. The molecule has 0 saturated heterocycles. The first kappa shape index (κ1) is 18.4. The summed E-state index contributed by atoms with van der Waals surface area (Å²) < 4.78 is 0. The fourth-order valence-corrected chi connectivity index (χ4v) is 3.93. The molecule has 1 atom stereocenters. The Kier molecular flexibility index (Phi) is 5.25. The largest absolute Gasteiger partial charge is 0.386 e. The molecular formula is C26H24O2. The van der Waals surface area contributed by atoms with Crippen LogP contribution in [0.15, 0.2) is 103 Å². The molecule has 0 aliphatic heterocycles. The zero-order valence-corrected chi connectivity index (χ0v) is 15.7. The number of aliphatic hydroxyl groups excluding tert-OH is 1. The van der Waals surface area contributed by atoms with Crippen molar-refractivity contribution in [3.63, 3.8) is 0 Å². The quantitative estimate of drug-likeness (QED) is 0.498. The molecule has 0 saturated carbocycles. The van der Waals surface area contributed by atoms with Crippen LogP contribution in [0.2, 0.25) is 0 Å². The highest BCUT2D eigenvalue weighted by molar-refractivity contribution is 5.86. The van der Waals surface area contributed by atoms with Crippen LogP contribution in [0.5, 0.6) is 0 Å². The first-order valence-electron chi connectivity index (χ1n) is 9.62. The Morgan fingerprint density at radius 1 is 0.607 bits per heavy atom. The minimum atomic E-state index is -1.33. The average Bonchev–Trinajstić information content (AvgIpc) is 2.74. The maximum atomic E-state index is 11.7. The second kappa shape index (κ2) is 7.97. The van der Waals surface area contributed by atoms with Crippen LogP contribution in [0.4, 0.5) is 0 Å². The van der Waals surface area contributed by atoms with Gasteiger partial charge in [0.1, 0.15) is 11.7 Å². The predicted molar refractivity (Wildman–Crippen MR) is 114 cm³/mol. The second-order valence-corrected chi connectivity index (χ2v) is 7.40. The minimum Gasteiger partial charge on any atom is -0.386 e. The topological polar surface area (TPSA) is 40.5 Å². The van der Waals surface area contributed by atoms with Crippen LogP contribution >= 0.6 is 0 Å². The van der Waals surface area contributed by atoms with Crippen molar-refractivity contribution in [3.8, 4) is 0 Å². The van der Waals surface area contributed by atoms with Crippen LogP contribution in [0.25, 0.3) is 10.8 Å². The van der Waals surface area contributed by atoms with Crippen molar-refractivity contribution in [2.45, 2.75) is 24.5 Å². The van der Waals surface area contributed by atoms with Crippen molar-refractivity contribution in [2.24, 2.45) is 0 Å². The summed E-state index contributed by atoms with van der Waals surface area (Å²) in [5, 5.41) is 25.2. The van der Waals surface area contributed by atoms with E-state index in [1.165, 1.54) is 0 Å². The molecule has 0 aliphatic rings. The van der Waals surface area contributed by atoms with Crippen LogP contribution in [-0.4, -0.2) is 15.8 Å². The van der Waals surface area contributed by atoms with Gasteiger partial charge in [-0.25, -0.2) is 0 Å². The van der Waals surface area contributed by atoms with Gasteiger partial charge in [-0.3, -0.25) is 0 Å². The van der Waals surface area contributed by atoms with Gasteiger partial charge in [0, 0.05) is 12.8 Å². The van der Waals surface area contributed by atoms with E-state index >= 15 is 0 Å². The van der Waals surface area contributed by atoms with Gasteiger partial charge in [-0.15, -0.1) is 0 Å². The van der Waals surface area contributed by atoms with Gasteiger partial charge in [0.25, 0.3) is 0 Å².